The number of hydrogen-bond acceptors (Lipinski definition) is 5. The van der Waals surface area contributed by atoms with Crippen LogP contribution < -0.4 is 15.4 Å². The van der Waals surface area contributed by atoms with Crippen molar-refractivity contribution in [3.8, 4) is 5.88 Å². The summed E-state index contributed by atoms with van der Waals surface area (Å²) >= 11 is 0. The van der Waals surface area contributed by atoms with Gasteiger partial charge in [0.05, 0.1) is 30.9 Å². The van der Waals surface area contributed by atoms with Crippen molar-refractivity contribution >= 4 is 5.91 Å². The van der Waals surface area contributed by atoms with Crippen LogP contribution in [0.5, 0.6) is 5.88 Å². The summed E-state index contributed by atoms with van der Waals surface area (Å²) in [4.78, 5) is 23.6. The average Bonchev–Trinajstić information content (AvgIpc) is 3.00. The number of H-pyrrole nitrogens is 1. The topological polar surface area (TPSA) is 91.9 Å². The number of aromatic amines is 1. The van der Waals surface area contributed by atoms with E-state index in [1.54, 1.807) is 19.6 Å². The van der Waals surface area contributed by atoms with Crippen LogP contribution in [0.25, 0.3) is 0 Å². The SMILES string of the molecule is COc1ncccc1CNC(=O)C1Cc2nc[nH]c2CN1. The van der Waals surface area contributed by atoms with Crippen molar-refractivity contribution in [1.82, 2.24) is 25.6 Å². The average molecular weight is 287 g/mol. The minimum atomic E-state index is -0.261. The molecule has 0 saturated carbocycles. The molecular weight excluding hydrogens is 270 g/mol. The number of nitrogens with zero attached hydrogens (tertiary/aromatic N) is 2. The van der Waals surface area contributed by atoms with Crippen LogP contribution in [0.2, 0.25) is 0 Å². The summed E-state index contributed by atoms with van der Waals surface area (Å²) in [5.74, 6) is 0.485. The van der Waals surface area contributed by atoms with Gasteiger partial charge in [0.1, 0.15) is 0 Å². The van der Waals surface area contributed by atoms with Crippen LogP contribution in [0.3, 0.4) is 0 Å². The van der Waals surface area contributed by atoms with Crippen LogP contribution in [0, 0.1) is 0 Å². The minimum Gasteiger partial charge on any atom is -0.481 e. The quantitative estimate of drug-likeness (QED) is 0.744. The molecule has 3 rings (SSSR count). The number of ether oxygens (including phenoxy) is 1. The number of rotatable bonds is 4. The Hall–Kier alpha value is -2.41. The molecule has 1 amide bonds. The number of nitrogens with one attached hydrogen (secondary N) is 3. The number of aromatic nitrogens is 3. The summed E-state index contributed by atoms with van der Waals surface area (Å²) in [6, 6.07) is 3.44. The molecule has 1 unspecified atom stereocenters. The molecular formula is C14H17N5O2. The largest absolute Gasteiger partial charge is 0.481 e. The molecule has 0 saturated heterocycles. The van der Waals surface area contributed by atoms with Crippen LogP contribution in [0.1, 0.15) is 17.0 Å². The molecule has 1 aliphatic rings. The number of imidazole rings is 1. The van der Waals surface area contributed by atoms with Crippen LogP contribution in [-0.2, 0) is 24.3 Å². The zero-order chi connectivity index (χ0) is 14.7. The Kier molecular flexibility index (Phi) is 3.83. The van der Waals surface area contributed by atoms with Crippen molar-refractivity contribution in [2.24, 2.45) is 0 Å². The molecule has 21 heavy (non-hydrogen) atoms. The van der Waals surface area contributed by atoms with Crippen LogP contribution in [0.4, 0.5) is 0 Å². The van der Waals surface area contributed by atoms with E-state index in [-0.39, 0.29) is 11.9 Å². The number of fused-ring (bicyclic) bond motifs is 1. The molecule has 110 valence electrons. The van der Waals surface area contributed by atoms with Crippen LogP contribution >= 0.6 is 0 Å². The fourth-order valence-corrected chi connectivity index (χ4v) is 2.40. The summed E-state index contributed by atoms with van der Waals surface area (Å²) in [6.45, 7) is 1.02. The summed E-state index contributed by atoms with van der Waals surface area (Å²) in [5.41, 5.74) is 2.85. The van der Waals surface area contributed by atoms with E-state index < -0.39 is 0 Å². The van der Waals surface area contributed by atoms with Gasteiger partial charge in [0.2, 0.25) is 11.8 Å². The van der Waals surface area contributed by atoms with Gasteiger partial charge in [-0.25, -0.2) is 9.97 Å². The van der Waals surface area contributed by atoms with Gasteiger partial charge in [-0.2, -0.15) is 0 Å². The Morgan fingerprint density at radius 2 is 2.43 bits per heavy atom. The van der Waals surface area contributed by atoms with E-state index in [1.165, 1.54) is 0 Å². The van der Waals surface area contributed by atoms with E-state index in [0.717, 1.165) is 17.0 Å². The number of carbonyl (C=O) groups is 1. The Bertz CT molecular complexity index is 640. The summed E-state index contributed by atoms with van der Waals surface area (Å²) in [5, 5.41) is 6.10. The smallest absolute Gasteiger partial charge is 0.237 e. The molecule has 1 atom stereocenters. The van der Waals surface area contributed by atoms with Crippen molar-refractivity contribution in [3.63, 3.8) is 0 Å². The van der Waals surface area contributed by atoms with Crippen molar-refractivity contribution in [2.45, 2.75) is 25.6 Å². The number of pyridine rings is 1. The maximum atomic E-state index is 12.2. The highest BCUT2D eigenvalue weighted by Gasteiger charge is 2.25. The first-order valence-electron chi connectivity index (χ1n) is 6.78. The van der Waals surface area contributed by atoms with Crippen molar-refractivity contribution < 1.29 is 9.53 Å². The third-order valence-electron chi connectivity index (χ3n) is 3.54. The van der Waals surface area contributed by atoms with Crippen LogP contribution in [0.15, 0.2) is 24.7 Å². The number of methoxy groups -OCH3 is 1. The first kappa shape index (κ1) is 13.6. The molecule has 0 fully saturated rings. The highest BCUT2D eigenvalue weighted by Crippen LogP contribution is 2.14. The maximum absolute atomic E-state index is 12.2. The molecule has 0 aliphatic carbocycles. The molecule has 7 nitrogen and oxygen atoms in total. The van der Waals surface area contributed by atoms with E-state index in [1.807, 2.05) is 12.1 Å². The third-order valence-corrected chi connectivity index (χ3v) is 3.54. The summed E-state index contributed by atoms with van der Waals surface area (Å²) < 4.78 is 5.17. The highest BCUT2D eigenvalue weighted by molar-refractivity contribution is 5.82. The molecule has 3 heterocycles. The Labute approximate surface area is 122 Å². The first-order valence-corrected chi connectivity index (χ1v) is 6.78. The molecule has 0 aromatic carbocycles. The zero-order valence-corrected chi connectivity index (χ0v) is 11.7. The Balaban J connectivity index is 1.60. The Morgan fingerprint density at radius 1 is 1.52 bits per heavy atom. The molecule has 0 radical (unpaired) electrons. The lowest BCUT2D eigenvalue weighted by atomic mass is 10.0. The van der Waals surface area contributed by atoms with Gasteiger partial charge in [0, 0.05) is 31.3 Å². The normalized spacial score (nSPS) is 17.1. The maximum Gasteiger partial charge on any atom is 0.237 e. The second-order valence-electron chi connectivity index (χ2n) is 4.86. The molecule has 0 bridgehead atoms. The van der Waals surface area contributed by atoms with E-state index in [4.69, 9.17) is 4.74 Å². The number of hydrogen-bond donors (Lipinski definition) is 3. The van der Waals surface area contributed by atoms with Gasteiger partial charge in [-0.15, -0.1) is 0 Å². The van der Waals surface area contributed by atoms with Gasteiger partial charge in [-0.05, 0) is 6.07 Å². The minimum absolute atomic E-state index is 0.0467. The third kappa shape index (κ3) is 2.87. The van der Waals surface area contributed by atoms with E-state index >= 15 is 0 Å². The summed E-state index contributed by atoms with van der Waals surface area (Å²) in [7, 11) is 1.56. The lowest BCUT2D eigenvalue weighted by Gasteiger charge is -2.22. The Morgan fingerprint density at radius 3 is 3.29 bits per heavy atom. The lowest BCUT2D eigenvalue weighted by Crippen LogP contribution is -2.47. The van der Waals surface area contributed by atoms with Crippen molar-refractivity contribution in [1.29, 1.82) is 0 Å². The monoisotopic (exact) mass is 287 g/mol. The fraction of sp³-hybridized carbons (Fsp3) is 0.357. The van der Waals surface area contributed by atoms with Gasteiger partial charge < -0.3 is 15.0 Å². The molecule has 3 N–H and O–H groups in total. The second-order valence-corrected chi connectivity index (χ2v) is 4.86. The van der Waals surface area contributed by atoms with Crippen molar-refractivity contribution in [3.05, 3.63) is 41.6 Å². The molecule has 2 aromatic heterocycles. The van der Waals surface area contributed by atoms with E-state index in [0.29, 0.717) is 25.4 Å². The fourth-order valence-electron chi connectivity index (χ4n) is 2.40. The predicted molar refractivity (Wildman–Crippen MR) is 75.6 cm³/mol. The van der Waals surface area contributed by atoms with Gasteiger partial charge in [-0.3, -0.25) is 10.1 Å². The molecule has 0 spiro atoms. The predicted octanol–water partition coefficient (Wildman–Crippen LogP) is 0.144. The van der Waals surface area contributed by atoms with Crippen molar-refractivity contribution in [2.75, 3.05) is 7.11 Å². The number of carbonyl (C=O) groups excluding carboxylic acids is 1. The number of amides is 1. The lowest BCUT2D eigenvalue weighted by molar-refractivity contribution is -0.123. The molecule has 7 heteroatoms. The van der Waals surface area contributed by atoms with E-state index in [2.05, 4.69) is 25.6 Å². The standard InChI is InChI=1S/C14H17N5O2/c1-21-14-9(3-2-4-15-14)6-17-13(20)11-5-10-12(7-16-11)19-8-18-10/h2-4,8,11,16H,5-7H2,1H3,(H,17,20)(H,18,19). The van der Waals surface area contributed by atoms with Gasteiger partial charge in [0.25, 0.3) is 0 Å². The molecule has 1 aliphatic heterocycles. The second kappa shape index (κ2) is 5.92. The van der Waals surface area contributed by atoms with Crippen LogP contribution in [-0.4, -0.2) is 34.0 Å². The van der Waals surface area contributed by atoms with Gasteiger partial charge in [0.15, 0.2) is 0 Å². The molecule has 2 aromatic rings. The van der Waals surface area contributed by atoms with Gasteiger partial charge >= 0.3 is 0 Å². The van der Waals surface area contributed by atoms with Gasteiger partial charge in [-0.1, -0.05) is 6.07 Å². The first-order chi connectivity index (χ1) is 10.3. The van der Waals surface area contributed by atoms with E-state index in [9.17, 15) is 4.79 Å². The highest BCUT2D eigenvalue weighted by atomic mass is 16.5. The summed E-state index contributed by atoms with van der Waals surface area (Å²) in [6.07, 6.45) is 3.91. The zero-order valence-electron chi connectivity index (χ0n) is 11.7.